The molecule has 4 nitrogen and oxygen atoms in total. The van der Waals surface area contributed by atoms with Gasteiger partial charge in [-0.3, -0.25) is 0 Å². The van der Waals surface area contributed by atoms with Gasteiger partial charge in [0.25, 0.3) is 0 Å². The molecule has 0 bridgehead atoms. The summed E-state index contributed by atoms with van der Waals surface area (Å²) in [5.41, 5.74) is 6.41. The third-order valence-electron chi connectivity index (χ3n) is 5.29. The zero-order chi connectivity index (χ0) is 20.3. The zero-order valence-corrected chi connectivity index (χ0v) is 16.8. The molecule has 5 aromatic rings. The van der Waals surface area contributed by atoms with Crippen LogP contribution in [0.1, 0.15) is 28.4 Å². The second kappa shape index (κ2) is 7.84. The summed E-state index contributed by atoms with van der Waals surface area (Å²) in [4.78, 5) is 0. The van der Waals surface area contributed by atoms with Gasteiger partial charge in [0, 0.05) is 12.4 Å². The third-order valence-corrected chi connectivity index (χ3v) is 5.29. The van der Waals surface area contributed by atoms with E-state index in [-0.39, 0.29) is 5.92 Å². The van der Waals surface area contributed by atoms with Crippen molar-refractivity contribution < 1.29 is 0 Å². The minimum atomic E-state index is -0.0406. The molecule has 0 amide bonds. The number of nitrogens with zero attached hydrogens (tertiary/aromatic N) is 4. The Bertz CT molecular complexity index is 1240. The van der Waals surface area contributed by atoms with Crippen molar-refractivity contribution in [3.8, 4) is 11.4 Å². The first-order chi connectivity index (χ1) is 14.8. The molecule has 1 atom stereocenters. The molecule has 0 N–H and O–H groups in total. The fourth-order valence-corrected chi connectivity index (χ4v) is 3.80. The molecular formula is C26H22N4. The van der Waals surface area contributed by atoms with E-state index in [4.69, 9.17) is 10.2 Å². The molecule has 3 aromatic carbocycles. The molecule has 0 radical (unpaired) electrons. The highest BCUT2D eigenvalue weighted by molar-refractivity contribution is 5.42. The van der Waals surface area contributed by atoms with Crippen LogP contribution in [0, 0.1) is 6.92 Å². The standard InChI is InChI=1S/C26H22N4/c1-20-19-30(23-15-9-4-10-16-23)28-26(20)25(21-11-5-2-6-12-21)24-17-18-29(27-24)22-13-7-3-8-14-22/h2-19,25H,1H3. The van der Waals surface area contributed by atoms with Crippen LogP contribution in [0.25, 0.3) is 11.4 Å². The van der Waals surface area contributed by atoms with Crippen LogP contribution in [-0.2, 0) is 0 Å². The molecule has 0 aliphatic rings. The Kier molecular flexibility index (Phi) is 4.74. The summed E-state index contributed by atoms with van der Waals surface area (Å²) < 4.78 is 3.88. The molecule has 5 rings (SSSR count). The van der Waals surface area contributed by atoms with Gasteiger partial charge in [0.05, 0.1) is 28.7 Å². The first-order valence-electron chi connectivity index (χ1n) is 10.1. The summed E-state index contributed by atoms with van der Waals surface area (Å²) in [5, 5.41) is 9.91. The third kappa shape index (κ3) is 3.44. The second-order valence-corrected chi connectivity index (χ2v) is 7.34. The summed E-state index contributed by atoms with van der Waals surface area (Å²) in [6.07, 6.45) is 4.11. The second-order valence-electron chi connectivity index (χ2n) is 7.34. The van der Waals surface area contributed by atoms with Crippen molar-refractivity contribution >= 4 is 0 Å². The molecule has 0 saturated heterocycles. The van der Waals surface area contributed by atoms with Gasteiger partial charge in [0.1, 0.15) is 0 Å². The number of para-hydroxylation sites is 2. The minimum absolute atomic E-state index is 0.0406. The number of hydrogen-bond acceptors (Lipinski definition) is 2. The van der Waals surface area contributed by atoms with Gasteiger partial charge in [-0.25, -0.2) is 9.36 Å². The summed E-state index contributed by atoms with van der Waals surface area (Å²) in [6, 6.07) is 33.0. The molecule has 2 aromatic heterocycles. The van der Waals surface area contributed by atoms with Crippen LogP contribution in [0.3, 0.4) is 0 Å². The van der Waals surface area contributed by atoms with Gasteiger partial charge in [-0.05, 0) is 48.4 Å². The summed E-state index contributed by atoms with van der Waals surface area (Å²) in [6.45, 7) is 2.12. The van der Waals surface area contributed by atoms with Gasteiger partial charge in [-0.2, -0.15) is 10.2 Å². The topological polar surface area (TPSA) is 35.6 Å². The number of aromatic nitrogens is 4. The fourth-order valence-electron chi connectivity index (χ4n) is 3.80. The van der Waals surface area contributed by atoms with E-state index in [0.29, 0.717) is 0 Å². The Morgan fingerprint density at radius 1 is 0.633 bits per heavy atom. The highest BCUT2D eigenvalue weighted by atomic mass is 15.3. The molecule has 0 fully saturated rings. The predicted molar refractivity (Wildman–Crippen MR) is 119 cm³/mol. The van der Waals surface area contributed by atoms with Gasteiger partial charge < -0.3 is 0 Å². The first-order valence-corrected chi connectivity index (χ1v) is 10.1. The summed E-state index contributed by atoms with van der Waals surface area (Å²) >= 11 is 0. The molecule has 1 unspecified atom stereocenters. The number of rotatable bonds is 5. The van der Waals surface area contributed by atoms with Gasteiger partial charge in [-0.15, -0.1) is 0 Å². The van der Waals surface area contributed by atoms with E-state index in [1.165, 1.54) is 5.56 Å². The highest BCUT2D eigenvalue weighted by Gasteiger charge is 2.24. The monoisotopic (exact) mass is 390 g/mol. The molecule has 2 heterocycles. The molecule has 4 heteroatoms. The predicted octanol–water partition coefficient (Wildman–Crippen LogP) is 5.55. The number of benzene rings is 3. The van der Waals surface area contributed by atoms with Crippen molar-refractivity contribution in [3.63, 3.8) is 0 Å². The van der Waals surface area contributed by atoms with Gasteiger partial charge in [0.15, 0.2) is 0 Å². The van der Waals surface area contributed by atoms with Crippen molar-refractivity contribution in [2.24, 2.45) is 0 Å². The molecule has 146 valence electrons. The molecular weight excluding hydrogens is 368 g/mol. The minimum Gasteiger partial charge on any atom is -0.241 e. The van der Waals surface area contributed by atoms with E-state index in [9.17, 15) is 0 Å². The van der Waals surface area contributed by atoms with Gasteiger partial charge in [0.2, 0.25) is 0 Å². The van der Waals surface area contributed by atoms with Crippen molar-refractivity contribution in [1.29, 1.82) is 0 Å². The van der Waals surface area contributed by atoms with Crippen LogP contribution in [0.5, 0.6) is 0 Å². The van der Waals surface area contributed by atoms with E-state index in [1.54, 1.807) is 0 Å². The smallest absolute Gasteiger partial charge is 0.0793 e. The lowest BCUT2D eigenvalue weighted by atomic mass is 9.91. The van der Waals surface area contributed by atoms with Crippen LogP contribution in [0.15, 0.2) is 109 Å². The largest absolute Gasteiger partial charge is 0.241 e. The maximum atomic E-state index is 4.98. The maximum Gasteiger partial charge on any atom is 0.0793 e. The van der Waals surface area contributed by atoms with E-state index in [0.717, 1.165) is 28.3 Å². The van der Waals surface area contributed by atoms with Crippen molar-refractivity contribution in [2.45, 2.75) is 12.8 Å². The van der Waals surface area contributed by atoms with Crippen LogP contribution >= 0.6 is 0 Å². The Labute approximate surface area is 176 Å². The normalized spacial score (nSPS) is 12.0. The van der Waals surface area contributed by atoms with E-state index in [1.807, 2.05) is 58.0 Å². The maximum absolute atomic E-state index is 4.98. The summed E-state index contributed by atoms with van der Waals surface area (Å²) in [7, 11) is 0. The van der Waals surface area contributed by atoms with Crippen LogP contribution in [0.2, 0.25) is 0 Å². The fraction of sp³-hybridized carbons (Fsp3) is 0.0769. The average molecular weight is 390 g/mol. The van der Waals surface area contributed by atoms with E-state index < -0.39 is 0 Å². The number of aryl methyl sites for hydroxylation is 1. The zero-order valence-electron chi connectivity index (χ0n) is 16.8. The lowest BCUT2D eigenvalue weighted by Crippen LogP contribution is -2.08. The Morgan fingerprint density at radius 2 is 1.20 bits per heavy atom. The van der Waals surface area contributed by atoms with Crippen LogP contribution in [-0.4, -0.2) is 19.6 Å². The first kappa shape index (κ1) is 18.1. The van der Waals surface area contributed by atoms with Crippen molar-refractivity contribution in [1.82, 2.24) is 19.6 Å². The quantitative estimate of drug-likeness (QED) is 0.395. The van der Waals surface area contributed by atoms with Crippen LogP contribution < -0.4 is 0 Å². The van der Waals surface area contributed by atoms with Gasteiger partial charge >= 0.3 is 0 Å². The summed E-state index contributed by atoms with van der Waals surface area (Å²) in [5.74, 6) is -0.0406. The van der Waals surface area contributed by atoms with Crippen molar-refractivity contribution in [3.05, 3.63) is 132 Å². The Morgan fingerprint density at radius 3 is 1.83 bits per heavy atom. The van der Waals surface area contributed by atoms with E-state index in [2.05, 4.69) is 67.7 Å². The lowest BCUT2D eigenvalue weighted by molar-refractivity contribution is 0.771. The average Bonchev–Trinajstić information content (AvgIpc) is 3.44. The van der Waals surface area contributed by atoms with Crippen molar-refractivity contribution in [2.75, 3.05) is 0 Å². The number of hydrogen-bond donors (Lipinski definition) is 0. The van der Waals surface area contributed by atoms with E-state index >= 15 is 0 Å². The lowest BCUT2D eigenvalue weighted by Gasteiger charge is -2.14. The van der Waals surface area contributed by atoms with Gasteiger partial charge in [-0.1, -0.05) is 66.7 Å². The molecule has 0 saturated carbocycles. The van der Waals surface area contributed by atoms with Crippen LogP contribution in [0.4, 0.5) is 0 Å². The molecule has 0 spiro atoms. The molecule has 0 aliphatic heterocycles. The SMILES string of the molecule is Cc1cn(-c2ccccc2)nc1C(c1ccccc1)c1ccn(-c2ccccc2)n1. The molecule has 0 aliphatic carbocycles. The molecule has 30 heavy (non-hydrogen) atoms. The Hall–Kier alpha value is -3.92. The Balaban J connectivity index is 1.61. The highest BCUT2D eigenvalue weighted by Crippen LogP contribution is 2.32.